The topological polar surface area (TPSA) is 56.3 Å². The maximum absolute atomic E-state index is 12.7. The second-order valence-electron chi connectivity index (χ2n) is 6.04. The summed E-state index contributed by atoms with van der Waals surface area (Å²) in [6.45, 7) is 1.90. The molecular formula is C17H22N2O2. The van der Waals surface area contributed by atoms with Crippen LogP contribution in [0.4, 0.5) is 0 Å². The number of amides is 1. The zero-order valence-corrected chi connectivity index (χ0v) is 12.6. The number of hydrogen-bond acceptors (Lipinski definition) is 2. The molecule has 0 atom stereocenters. The summed E-state index contributed by atoms with van der Waals surface area (Å²) in [5, 5.41) is 10.6. The lowest BCUT2D eigenvalue weighted by atomic mass is 10.1. The first kappa shape index (κ1) is 14.1. The molecule has 4 nitrogen and oxygen atoms in total. The molecule has 1 aliphatic rings. The second-order valence-corrected chi connectivity index (χ2v) is 6.04. The number of rotatable bonds is 3. The second kappa shape index (κ2) is 5.53. The predicted molar refractivity (Wildman–Crippen MR) is 83.3 cm³/mol. The number of H-pyrrole nitrogens is 1. The molecule has 1 amide bonds. The lowest BCUT2D eigenvalue weighted by molar-refractivity contribution is 0.0727. The number of aliphatic hydroxyl groups excluding tert-OH is 1. The van der Waals surface area contributed by atoms with Crippen molar-refractivity contribution in [3.63, 3.8) is 0 Å². The minimum Gasteiger partial charge on any atom is -0.392 e. The summed E-state index contributed by atoms with van der Waals surface area (Å²) >= 11 is 0. The Balaban J connectivity index is 2.00. The molecule has 0 aliphatic heterocycles. The number of aromatic amines is 1. The van der Waals surface area contributed by atoms with Crippen molar-refractivity contribution < 1.29 is 9.90 Å². The van der Waals surface area contributed by atoms with E-state index in [2.05, 4.69) is 4.98 Å². The fraction of sp³-hybridized carbons (Fsp3) is 0.471. The Labute approximate surface area is 124 Å². The van der Waals surface area contributed by atoms with Crippen LogP contribution < -0.4 is 0 Å². The number of fused-ring (bicyclic) bond motifs is 1. The van der Waals surface area contributed by atoms with Gasteiger partial charge in [0.1, 0.15) is 5.69 Å². The summed E-state index contributed by atoms with van der Waals surface area (Å²) < 4.78 is 0. The van der Waals surface area contributed by atoms with Gasteiger partial charge in [-0.3, -0.25) is 4.79 Å². The van der Waals surface area contributed by atoms with E-state index in [9.17, 15) is 9.90 Å². The minimum absolute atomic E-state index is 0.0141. The molecule has 0 radical (unpaired) electrons. The van der Waals surface area contributed by atoms with Crippen LogP contribution in [-0.4, -0.2) is 34.0 Å². The van der Waals surface area contributed by atoms with Crippen LogP contribution in [-0.2, 0) is 6.61 Å². The quantitative estimate of drug-likeness (QED) is 0.911. The summed E-state index contributed by atoms with van der Waals surface area (Å²) in [7, 11) is 1.87. The standard InChI is InChI=1S/C17H22N2O2/c1-11-7-8-13-14(10-20)16(18-15(13)9-11)17(21)19(2)12-5-3-4-6-12/h7-9,12,18,20H,3-6,10H2,1-2H3. The number of nitrogens with zero attached hydrogens (tertiary/aromatic N) is 1. The molecule has 1 aliphatic carbocycles. The summed E-state index contributed by atoms with van der Waals surface area (Å²) in [6, 6.07) is 6.32. The third-order valence-corrected chi connectivity index (χ3v) is 4.63. The van der Waals surface area contributed by atoms with Gasteiger partial charge in [-0.05, 0) is 31.4 Å². The van der Waals surface area contributed by atoms with Crippen molar-refractivity contribution in [2.75, 3.05) is 7.05 Å². The van der Waals surface area contributed by atoms with Crippen LogP contribution in [0.3, 0.4) is 0 Å². The maximum Gasteiger partial charge on any atom is 0.270 e. The molecule has 1 fully saturated rings. The van der Waals surface area contributed by atoms with Crippen molar-refractivity contribution >= 4 is 16.8 Å². The van der Waals surface area contributed by atoms with Crippen molar-refractivity contribution in [2.24, 2.45) is 0 Å². The van der Waals surface area contributed by atoms with E-state index in [1.54, 1.807) is 0 Å². The Morgan fingerprint density at radius 2 is 2.10 bits per heavy atom. The Bertz CT molecular complexity index is 669. The number of benzene rings is 1. The molecule has 112 valence electrons. The Hall–Kier alpha value is -1.81. The van der Waals surface area contributed by atoms with Crippen LogP contribution >= 0.6 is 0 Å². The Kier molecular flexibility index (Phi) is 3.72. The molecule has 0 unspecified atom stereocenters. The summed E-state index contributed by atoms with van der Waals surface area (Å²) in [5.74, 6) is -0.0141. The van der Waals surface area contributed by atoms with Crippen LogP contribution in [0.15, 0.2) is 18.2 Å². The highest BCUT2D eigenvalue weighted by molar-refractivity contribution is 6.01. The van der Waals surface area contributed by atoms with E-state index in [0.29, 0.717) is 17.3 Å². The van der Waals surface area contributed by atoms with Gasteiger partial charge in [0, 0.05) is 29.6 Å². The van der Waals surface area contributed by atoms with Gasteiger partial charge in [0.2, 0.25) is 0 Å². The van der Waals surface area contributed by atoms with E-state index in [1.165, 1.54) is 12.8 Å². The monoisotopic (exact) mass is 286 g/mol. The molecule has 1 aromatic heterocycles. The number of aliphatic hydroxyl groups is 1. The van der Waals surface area contributed by atoms with Gasteiger partial charge in [0.25, 0.3) is 5.91 Å². The number of nitrogens with one attached hydrogen (secondary N) is 1. The van der Waals surface area contributed by atoms with Crippen LogP contribution in [0.25, 0.3) is 10.9 Å². The number of carbonyl (C=O) groups is 1. The highest BCUT2D eigenvalue weighted by atomic mass is 16.3. The minimum atomic E-state index is -0.122. The number of aryl methyl sites for hydroxylation is 1. The molecule has 2 aromatic rings. The van der Waals surface area contributed by atoms with E-state index >= 15 is 0 Å². The van der Waals surface area contributed by atoms with Gasteiger partial charge in [-0.25, -0.2) is 0 Å². The molecule has 1 saturated carbocycles. The largest absolute Gasteiger partial charge is 0.392 e. The van der Waals surface area contributed by atoms with Gasteiger partial charge in [-0.2, -0.15) is 0 Å². The molecule has 21 heavy (non-hydrogen) atoms. The zero-order chi connectivity index (χ0) is 15.0. The molecular weight excluding hydrogens is 264 g/mol. The van der Waals surface area contributed by atoms with Gasteiger partial charge < -0.3 is 15.0 Å². The number of aromatic nitrogens is 1. The molecule has 0 spiro atoms. The van der Waals surface area contributed by atoms with E-state index in [4.69, 9.17) is 0 Å². The van der Waals surface area contributed by atoms with Crippen molar-refractivity contribution in [1.29, 1.82) is 0 Å². The van der Waals surface area contributed by atoms with Gasteiger partial charge in [-0.15, -0.1) is 0 Å². The molecule has 2 N–H and O–H groups in total. The fourth-order valence-corrected chi connectivity index (χ4v) is 3.35. The first-order valence-electron chi connectivity index (χ1n) is 7.61. The average Bonchev–Trinajstić information content (AvgIpc) is 3.12. The Morgan fingerprint density at radius 1 is 1.38 bits per heavy atom. The highest BCUT2D eigenvalue weighted by Crippen LogP contribution is 2.27. The molecule has 1 aromatic carbocycles. The lowest BCUT2D eigenvalue weighted by Gasteiger charge is -2.24. The Morgan fingerprint density at radius 3 is 2.76 bits per heavy atom. The summed E-state index contributed by atoms with van der Waals surface area (Å²) in [5.41, 5.74) is 3.30. The third kappa shape index (κ3) is 2.44. The van der Waals surface area contributed by atoms with Crippen molar-refractivity contribution in [3.8, 4) is 0 Å². The van der Waals surface area contributed by atoms with Crippen molar-refractivity contribution in [2.45, 2.75) is 45.3 Å². The van der Waals surface area contributed by atoms with Gasteiger partial charge in [-0.1, -0.05) is 25.0 Å². The van der Waals surface area contributed by atoms with Gasteiger partial charge in [0.05, 0.1) is 6.61 Å². The molecule has 0 bridgehead atoms. The van der Waals surface area contributed by atoms with Crippen molar-refractivity contribution in [3.05, 3.63) is 35.0 Å². The third-order valence-electron chi connectivity index (χ3n) is 4.63. The number of carbonyl (C=O) groups excluding carboxylic acids is 1. The van der Waals surface area contributed by atoms with Crippen LogP contribution in [0.2, 0.25) is 0 Å². The molecule has 1 heterocycles. The fourth-order valence-electron chi connectivity index (χ4n) is 3.35. The first-order chi connectivity index (χ1) is 10.1. The summed E-state index contributed by atoms with van der Waals surface area (Å²) in [4.78, 5) is 17.8. The van der Waals surface area contributed by atoms with Crippen molar-refractivity contribution in [1.82, 2.24) is 9.88 Å². The van der Waals surface area contributed by atoms with E-state index in [1.807, 2.05) is 37.1 Å². The first-order valence-corrected chi connectivity index (χ1v) is 7.61. The lowest BCUT2D eigenvalue weighted by Crippen LogP contribution is -2.35. The van der Waals surface area contributed by atoms with E-state index < -0.39 is 0 Å². The summed E-state index contributed by atoms with van der Waals surface area (Å²) in [6.07, 6.45) is 4.55. The zero-order valence-electron chi connectivity index (χ0n) is 12.6. The van der Waals surface area contributed by atoms with Gasteiger partial charge in [0.15, 0.2) is 0 Å². The smallest absolute Gasteiger partial charge is 0.270 e. The normalized spacial score (nSPS) is 15.8. The maximum atomic E-state index is 12.7. The highest BCUT2D eigenvalue weighted by Gasteiger charge is 2.27. The van der Waals surface area contributed by atoms with Crippen LogP contribution in [0, 0.1) is 6.92 Å². The van der Waals surface area contributed by atoms with Crippen LogP contribution in [0.1, 0.15) is 47.3 Å². The van der Waals surface area contributed by atoms with Crippen LogP contribution in [0.5, 0.6) is 0 Å². The predicted octanol–water partition coefficient (Wildman–Crippen LogP) is 2.98. The van der Waals surface area contributed by atoms with E-state index in [0.717, 1.165) is 29.3 Å². The average molecular weight is 286 g/mol. The SMILES string of the molecule is Cc1ccc2c(CO)c(C(=O)N(C)C3CCCC3)[nH]c2c1. The van der Waals surface area contributed by atoms with E-state index in [-0.39, 0.29) is 12.5 Å². The molecule has 0 saturated heterocycles. The molecule has 4 heteroatoms. The number of hydrogen-bond donors (Lipinski definition) is 2. The molecule has 3 rings (SSSR count). The van der Waals surface area contributed by atoms with Gasteiger partial charge >= 0.3 is 0 Å².